The average molecular weight is 124 g/mol. The highest BCUT2D eigenvalue weighted by Gasteiger charge is 2.29. The Bertz CT molecular complexity index is 88.7. The highest BCUT2D eigenvalue weighted by molar-refractivity contribution is 4.89. The van der Waals surface area contributed by atoms with Crippen LogP contribution in [0.4, 0.5) is 0 Å². The number of hydrogen-bond donors (Lipinski definition) is 1. The van der Waals surface area contributed by atoms with E-state index in [4.69, 9.17) is 0 Å². The molecule has 1 aliphatic carbocycles. The van der Waals surface area contributed by atoms with E-state index < -0.39 is 0 Å². The summed E-state index contributed by atoms with van der Waals surface area (Å²) in [6, 6.07) is 0. The van der Waals surface area contributed by atoms with E-state index in [2.05, 4.69) is 11.9 Å². The third-order valence-corrected chi connectivity index (χ3v) is 2.71. The largest absolute Gasteiger partial charge is 0.312 e. The average Bonchev–Trinajstić information content (AvgIpc) is 2.33. The van der Waals surface area contributed by atoms with Gasteiger partial charge in [0, 0.05) is 6.54 Å². The van der Waals surface area contributed by atoms with Crippen molar-refractivity contribution in [1.29, 1.82) is 0 Å². The molecule has 1 radical (unpaired) electrons. The van der Waals surface area contributed by atoms with Crippen molar-refractivity contribution in [2.24, 2.45) is 11.8 Å². The van der Waals surface area contributed by atoms with Crippen molar-refractivity contribution in [2.45, 2.75) is 25.7 Å². The predicted octanol–water partition coefficient (Wildman–Crippen LogP) is 1.56. The lowest BCUT2D eigenvalue weighted by Gasteiger charge is -2.24. The van der Waals surface area contributed by atoms with E-state index in [0.717, 1.165) is 11.8 Å². The van der Waals surface area contributed by atoms with Gasteiger partial charge in [-0.1, -0.05) is 12.8 Å². The van der Waals surface area contributed by atoms with E-state index >= 15 is 0 Å². The topological polar surface area (TPSA) is 12.0 Å². The minimum atomic E-state index is 0.929. The Labute approximate surface area is 56.8 Å². The molecule has 0 aromatic rings. The molecule has 2 unspecified atom stereocenters. The summed E-state index contributed by atoms with van der Waals surface area (Å²) in [7, 11) is 0. The van der Waals surface area contributed by atoms with Crippen LogP contribution in [0.25, 0.3) is 0 Å². The number of nitrogens with one attached hydrogen (secondary N) is 1. The van der Waals surface area contributed by atoms with Gasteiger partial charge in [0.2, 0.25) is 0 Å². The van der Waals surface area contributed by atoms with Gasteiger partial charge in [-0.3, -0.25) is 0 Å². The maximum atomic E-state index is 3.33. The molecule has 2 rings (SSSR count). The molecule has 1 aliphatic heterocycles. The van der Waals surface area contributed by atoms with Crippen LogP contribution in [-0.2, 0) is 0 Å². The Kier molecular flexibility index (Phi) is 1.46. The predicted molar refractivity (Wildman–Crippen MR) is 37.8 cm³/mol. The first-order chi connectivity index (χ1) is 4.47. The minimum absolute atomic E-state index is 0.929. The number of rotatable bonds is 0. The SMILES string of the molecule is [CH]1NCCC2CCCC12. The van der Waals surface area contributed by atoms with Crippen molar-refractivity contribution < 1.29 is 0 Å². The monoisotopic (exact) mass is 124 g/mol. The zero-order valence-corrected chi connectivity index (χ0v) is 5.77. The van der Waals surface area contributed by atoms with Crippen LogP contribution in [0.3, 0.4) is 0 Å². The fourth-order valence-corrected chi connectivity index (χ4v) is 2.15. The van der Waals surface area contributed by atoms with Gasteiger partial charge in [0.1, 0.15) is 0 Å². The van der Waals surface area contributed by atoms with E-state index in [-0.39, 0.29) is 0 Å². The molecule has 0 aromatic carbocycles. The van der Waals surface area contributed by atoms with Gasteiger partial charge in [-0.2, -0.15) is 0 Å². The second-order valence-corrected chi connectivity index (χ2v) is 3.26. The van der Waals surface area contributed by atoms with Gasteiger partial charge in [-0.25, -0.2) is 0 Å². The molecule has 1 N–H and O–H groups in total. The summed E-state index contributed by atoms with van der Waals surface area (Å²) >= 11 is 0. The van der Waals surface area contributed by atoms with E-state index in [1.54, 1.807) is 0 Å². The van der Waals surface area contributed by atoms with E-state index in [1.807, 2.05) is 0 Å². The molecule has 1 nitrogen and oxygen atoms in total. The van der Waals surface area contributed by atoms with Crippen molar-refractivity contribution in [1.82, 2.24) is 5.32 Å². The summed E-state index contributed by atoms with van der Waals surface area (Å²) < 4.78 is 0. The molecule has 0 bridgehead atoms. The molecule has 0 amide bonds. The van der Waals surface area contributed by atoms with Crippen LogP contribution < -0.4 is 5.32 Å². The lowest BCUT2D eigenvalue weighted by atomic mass is 9.90. The molecule has 0 aromatic heterocycles. The standard InChI is InChI=1S/C8H14N/c1-2-7-4-5-9-6-8(7)3-1/h6-9H,1-5H2. The fourth-order valence-electron chi connectivity index (χ4n) is 2.15. The van der Waals surface area contributed by atoms with Crippen LogP contribution in [0.2, 0.25) is 0 Å². The Morgan fingerprint density at radius 2 is 2.22 bits per heavy atom. The summed E-state index contributed by atoms with van der Waals surface area (Å²) in [4.78, 5) is 0. The van der Waals surface area contributed by atoms with E-state index in [1.165, 1.54) is 32.2 Å². The van der Waals surface area contributed by atoms with E-state index in [9.17, 15) is 0 Å². The number of piperidine rings is 1. The van der Waals surface area contributed by atoms with Gasteiger partial charge in [-0.15, -0.1) is 0 Å². The van der Waals surface area contributed by atoms with Crippen LogP contribution in [0.5, 0.6) is 0 Å². The van der Waals surface area contributed by atoms with Crippen molar-refractivity contribution >= 4 is 0 Å². The Morgan fingerprint density at radius 3 is 3.11 bits per heavy atom. The fraction of sp³-hybridized carbons (Fsp3) is 0.875. The Hall–Kier alpha value is -0.0400. The van der Waals surface area contributed by atoms with Gasteiger partial charge in [0.25, 0.3) is 0 Å². The normalized spacial score (nSPS) is 42.7. The summed E-state index contributed by atoms with van der Waals surface area (Å²) in [5, 5.41) is 3.33. The summed E-state index contributed by atoms with van der Waals surface area (Å²) in [5.41, 5.74) is 0. The van der Waals surface area contributed by atoms with Crippen molar-refractivity contribution in [3.8, 4) is 0 Å². The molecule has 2 aliphatic rings. The van der Waals surface area contributed by atoms with Crippen molar-refractivity contribution in [2.75, 3.05) is 6.54 Å². The Morgan fingerprint density at radius 1 is 1.22 bits per heavy atom. The molecule has 1 saturated carbocycles. The Balaban J connectivity index is 1.97. The lowest BCUT2D eigenvalue weighted by molar-refractivity contribution is 0.339. The lowest BCUT2D eigenvalue weighted by Crippen LogP contribution is -2.28. The van der Waals surface area contributed by atoms with Crippen molar-refractivity contribution in [3.63, 3.8) is 0 Å². The minimum Gasteiger partial charge on any atom is -0.312 e. The molecule has 2 fully saturated rings. The highest BCUT2D eigenvalue weighted by Crippen LogP contribution is 2.36. The number of hydrogen-bond acceptors (Lipinski definition) is 1. The van der Waals surface area contributed by atoms with Crippen molar-refractivity contribution in [3.05, 3.63) is 6.54 Å². The van der Waals surface area contributed by atoms with Gasteiger partial charge in [-0.05, 0) is 31.2 Å². The number of fused-ring (bicyclic) bond motifs is 1. The summed E-state index contributed by atoms with van der Waals surface area (Å²) in [6.45, 7) is 3.54. The highest BCUT2D eigenvalue weighted by atomic mass is 14.9. The van der Waals surface area contributed by atoms with Gasteiger partial charge < -0.3 is 5.32 Å². The summed E-state index contributed by atoms with van der Waals surface area (Å²) in [5.74, 6) is 1.98. The van der Waals surface area contributed by atoms with Gasteiger partial charge in [0.15, 0.2) is 0 Å². The van der Waals surface area contributed by atoms with Crippen LogP contribution >= 0.6 is 0 Å². The first kappa shape index (κ1) is 5.72. The molecular weight excluding hydrogens is 110 g/mol. The molecule has 9 heavy (non-hydrogen) atoms. The second-order valence-electron chi connectivity index (χ2n) is 3.26. The van der Waals surface area contributed by atoms with Crippen LogP contribution in [-0.4, -0.2) is 6.54 Å². The maximum absolute atomic E-state index is 3.33. The molecule has 1 saturated heterocycles. The van der Waals surface area contributed by atoms with Crippen LogP contribution in [0, 0.1) is 18.4 Å². The molecule has 1 heteroatoms. The quantitative estimate of drug-likeness (QED) is 0.516. The molecule has 0 spiro atoms. The third kappa shape index (κ3) is 0.983. The maximum Gasteiger partial charge on any atom is 0.0254 e. The smallest absolute Gasteiger partial charge is 0.0254 e. The van der Waals surface area contributed by atoms with E-state index in [0.29, 0.717) is 0 Å². The summed E-state index contributed by atoms with van der Waals surface area (Å²) in [6.07, 6.45) is 5.81. The molecule has 51 valence electrons. The van der Waals surface area contributed by atoms with Crippen LogP contribution in [0.1, 0.15) is 25.7 Å². The second kappa shape index (κ2) is 2.30. The third-order valence-electron chi connectivity index (χ3n) is 2.71. The van der Waals surface area contributed by atoms with Gasteiger partial charge >= 0.3 is 0 Å². The van der Waals surface area contributed by atoms with Gasteiger partial charge in [0.05, 0.1) is 0 Å². The molecule has 2 atom stereocenters. The zero-order valence-electron chi connectivity index (χ0n) is 5.77. The first-order valence-electron chi connectivity index (χ1n) is 4.03. The first-order valence-corrected chi connectivity index (χ1v) is 4.03. The molecular formula is C8H14N. The molecule has 1 heterocycles. The zero-order chi connectivity index (χ0) is 6.10. The van der Waals surface area contributed by atoms with Crippen LogP contribution in [0.15, 0.2) is 0 Å².